The molecule has 2 aromatic carbocycles. The zero-order valence-electron chi connectivity index (χ0n) is 16.2. The summed E-state index contributed by atoms with van der Waals surface area (Å²) in [5, 5.41) is 14.9. The van der Waals surface area contributed by atoms with Crippen LogP contribution in [-0.4, -0.2) is 23.1 Å². The number of rotatable bonds is 7. The standard InChI is InChI=1S/C22H28N2O3/c1-22(2,3)18-11-7-8-12-19(18)24-21(27)23-17(13-14-20(25)26)15-16-9-5-4-6-10-16/h4-12,17H,13-15H2,1-3H3,(H,25,26)(H2,23,24,27). The lowest BCUT2D eigenvalue weighted by atomic mass is 9.86. The number of carboxylic acids is 1. The molecule has 0 spiro atoms. The smallest absolute Gasteiger partial charge is 0.319 e. The third-order valence-corrected chi connectivity index (χ3v) is 4.35. The number of hydrogen-bond acceptors (Lipinski definition) is 2. The van der Waals surface area contributed by atoms with Gasteiger partial charge >= 0.3 is 12.0 Å². The molecule has 0 aliphatic carbocycles. The Hall–Kier alpha value is -2.82. The second-order valence-corrected chi connectivity index (χ2v) is 7.71. The lowest BCUT2D eigenvalue weighted by Gasteiger charge is -2.24. The van der Waals surface area contributed by atoms with Gasteiger partial charge in [0, 0.05) is 18.2 Å². The van der Waals surface area contributed by atoms with Crippen LogP contribution in [0, 0.1) is 0 Å². The van der Waals surface area contributed by atoms with Crippen LogP contribution in [0.1, 0.15) is 44.7 Å². The van der Waals surface area contributed by atoms with Crippen LogP contribution in [0.4, 0.5) is 10.5 Å². The third-order valence-electron chi connectivity index (χ3n) is 4.35. The molecule has 2 aromatic rings. The van der Waals surface area contributed by atoms with Crippen molar-refractivity contribution in [1.29, 1.82) is 0 Å². The van der Waals surface area contributed by atoms with Crippen LogP contribution in [0.3, 0.4) is 0 Å². The first kappa shape index (κ1) is 20.5. The summed E-state index contributed by atoms with van der Waals surface area (Å²) < 4.78 is 0. The van der Waals surface area contributed by atoms with Gasteiger partial charge in [-0.15, -0.1) is 0 Å². The molecule has 5 nitrogen and oxygen atoms in total. The number of anilines is 1. The Labute approximate surface area is 160 Å². The number of hydrogen-bond donors (Lipinski definition) is 3. The molecule has 3 N–H and O–H groups in total. The van der Waals surface area contributed by atoms with Crippen molar-refractivity contribution in [2.75, 3.05) is 5.32 Å². The first-order chi connectivity index (χ1) is 12.8. The molecule has 0 aromatic heterocycles. The highest BCUT2D eigenvalue weighted by Crippen LogP contribution is 2.29. The minimum atomic E-state index is -0.867. The number of carboxylic acid groups (broad SMARTS) is 1. The van der Waals surface area contributed by atoms with E-state index in [-0.39, 0.29) is 23.9 Å². The molecule has 1 unspecified atom stereocenters. The number of aliphatic carboxylic acids is 1. The van der Waals surface area contributed by atoms with Crippen LogP contribution in [-0.2, 0) is 16.6 Å². The van der Waals surface area contributed by atoms with E-state index in [0.717, 1.165) is 16.8 Å². The predicted octanol–water partition coefficient (Wildman–Crippen LogP) is 4.58. The summed E-state index contributed by atoms with van der Waals surface area (Å²) in [5.74, 6) is -0.867. The molecule has 0 aliphatic rings. The molecule has 2 rings (SSSR count). The van der Waals surface area contributed by atoms with E-state index in [1.165, 1.54) is 0 Å². The molecule has 144 valence electrons. The highest BCUT2D eigenvalue weighted by Gasteiger charge is 2.20. The molecule has 27 heavy (non-hydrogen) atoms. The maximum absolute atomic E-state index is 12.6. The third kappa shape index (κ3) is 6.77. The van der Waals surface area contributed by atoms with Gasteiger partial charge in [0.25, 0.3) is 0 Å². The molecule has 0 radical (unpaired) electrons. The van der Waals surface area contributed by atoms with Crippen molar-refractivity contribution in [2.24, 2.45) is 0 Å². The largest absolute Gasteiger partial charge is 0.481 e. The number of benzene rings is 2. The van der Waals surface area contributed by atoms with Crippen molar-refractivity contribution in [3.05, 3.63) is 65.7 Å². The SMILES string of the molecule is CC(C)(C)c1ccccc1NC(=O)NC(CCC(=O)O)Cc1ccccc1. The maximum atomic E-state index is 12.6. The van der Waals surface area contributed by atoms with E-state index in [1.807, 2.05) is 54.6 Å². The Morgan fingerprint density at radius 1 is 1.00 bits per heavy atom. The number of carbonyl (C=O) groups is 2. The number of para-hydroxylation sites is 1. The zero-order chi connectivity index (χ0) is 19.9. The summed E-state index contributed by atoms with van der Waals surface area (Å²) in [6.45, 7) is 6.28. The first-order valence-electron chi connectivity index (χ1n) is 9.18. The first-order valence-corrected chi connectivity index (χ1v) is 9.18. The van der Waals surface area contributed by atoms with Gasteiger partial charge in [-0.3, -0.25) is 4.79 Å². The van der Waals surface area contributed by atoms with Gasteiger partial charge < -0.3 is 15.7 Å². The molecule has 0 fully saturated rings. The minimum Gasteiger partial charge on any atom is -0.481 e. The van der Waals surface area contributed by atoms with Gasteiger partial charge in [-0.1, -0.05) is 69.3 Å². The number of urea groups is 1. The van der Waals surface area contributed by atoms with E-state index in [0.29, 0.717) is 12.8 Å². The molecule has 0 saturated heterocycles. The summed E-state index contributed by atoms with van der Waals surface area (Å²) in [6.07, 6.45) is 0.970. The molecule has 2 amide bonds. The fourth-order valence-corrected chi connectivity index (χ4v) is 3.01. The molecular formula is C22H28N2O3. The minimum absolute atomic E-state index is 0.0103. The molecule has 1 atom stereocenters. The summed E-state index contributed by atoms with van der Waals surface area (Å²) in [4.78, 5) is 23.5. The van der Waals surface area contributed by atoms with E-state index < -0.39 is 5.97 Å². The lowest BCUT2D eigenvalue weighted by Crippen LogP contribution is -2.40. The van der Waals surface area contributed by atoms with Gasteiger partial charge in [0.1, 0.15) is 0 Å². The van der Waals surface area contributed by atoms with Gasteiger partial charge in [0.05, 0.1) is 0 Å². The maximum Gasteiger partial charge on any atom is 0.319 e. The summed E-state index contributed by atoms with van der Waals surface area (Å²) >= 11 is 0. The highest BCUT2D eigenvalue weighted by molar-refractivity contribution is 5.90. The van der Waals surface area contributed by atoms with Gasteiger partial charge in [0.15, 0.2) is 0 Å². The number of amides is 2. The average molecular weight is 368 g/mol. The van der Waals surface area contributed by atoms with Crippen LogP contribution in [0.2, 0.25) is 0 Å². The van der Waals surface area contributed by atoms with Crippen LogP contribution >= 0.6 is 0 Å². The van der Waals surface area contributed by atoms with Gasteiger partial charge in [0.2, 0.25) is 0 Å². The Morgan fingerprint density at radius 3 is 2.26 bits per heavy atom. The molecular weight excluding hydrogens is 340 g/mol. The molecule has 0 bridgehead atoms. The van der Waals surface area contributed by atoms with Crippen LogP contribution in [0.15, 0.2) is 54.6 Å². The monoisotopic (exact) mass is 368 g/mol. The van der Waals surface area contributed by atoms with Crippen molar-refractivity contribution >= 4 is 17.7 Å². The Kier molecular flexibility index (Phi) is 6.99. The fraction of sp³-hybridized carbons (Fsp3) is 0.364. The average Bonchev–Trinajstić information content (AvgIpc) is 2.60. The van der Waals surface area contributed by atoms with Crippen molar-refractivity contribution in [1.82, 2.24) is 5.32 Å². The van der Waals surface area contributed by atoms with E-state index >= 15 is 0 Å². The van der Waals surface area contributed by atoms with Gasteiger partial charge in [-0.05, 0) is 35.4 Å². The fourth-order valence-electron chi connectivity index (χ4n) is 3.01. The Bertz CT molecular complexity index is 767. The Morgan fingerprint density at radius 2 is 1.63 bits per heavy atom. The molecule has 0 saturated carbocycles. The van der Waals surface area contributed by atoms with Crippen LogP contribution < -0.4 is 10.6 Å². The summed E-state index contributed by atoms with van der Waals surface area (Å²) in [6, 6.07) is 16.9. The van der Waals surface area contributed by atoms with Gasteiger partial charge in [-0.2, -0.15) is 0 Å². The topological polar surface area (TPSA) is 78.4 Å². The summed E-state index contributed by atoms with van der Waals surface area (Å²) in [5.41, 5.74) is 2.77. The van der Waals surface area contributed by atoms with Crippen molar-refractivity contribution in [3.8, 4) is 0 Å². The normalized spacial score (nSPS) is 12.3. The van der Waals surface area contributed by atoms with Crippen molar-refractivity contribution < 1.29 is 14.7 Å². The second kappa shape index (κ2) is 9.21. The van der Waals surface area contributed by atoms with Gasteiger partial charge in [-0.25, -0.2) is 4.79 Å². The Balaban J connectivity index is 2.08. The van der Waals surface area contributed by atoms with E-state index in [4.69, 9.17) is 5.11 Å². The highest BCUT2D eigenvalue weighted by atomic mass is 16.4. The van der Waals surface area contributed by atoms with Crippen molar-refractivity contribution in [3.63, 3.8) is 0 Å². The number of nitrogens with one attached hydrogen (secondary N) is 2. The molecule has 0 heterocycles. The van der Waals surface area contributed by atoms with Crippen LogP contribution in [0.25, 0.3) is 0 Å². The van der Waals surface area contributed by atoms with E-state index in [9.17, 15) is 9.59 Å². The second-order valence-electron chi connectivity index (χ2n) is 7.71. The lowest BCUT2D eigenvalue weighted by molar-refractivity contribution is -0.137. The molecule has 5 heteroatoms. The predicted molar refractivity (Wildman–Crippen MR) is 108 cm³/mol. The quantitative estimate of drug-likeness (QED) is 0.669. The summed E-state index contributed by atoms with van der Waals surface area (Å²) in [7, 11) is 0. The zero-order valence-corrected chi connectivity index (χ0v) is 16.2. The van der Waals surface area contributed by atoms with E-state index in [2.05, 4.69) is 31.4 Å². The molecule has 0 aliphatic heterocycles. The van der Waals surface area contributed by atoms with Crippen molar-refractivity contribution in [2.45, 2.75) is 51.5 Å². The van der Waals surface area contributed by atoms with Crippen LogP contribution in [0.5, 0.6) is 0 Å². The number of carbonyl (C=O) groups excluding carboxylic acids is 1. The van der Waals surface area contributed by atoms with E-state index in [1.54, 1.807) is 0 Å².